The lowest BCUT2D eigenvalue weighted by Crippen LogP contribution is -1.94. The van der Waals surface area contributed by atoms with E-state index < -0.39 is 5.97 Å². The van der Waals surface area contributed by atoms with Crippen LogP contribution in [0.3, 0.4) is 0 Å². The normalized spacial score (nSPS) is 10.9. The summed E-state index contributed by atoms with van der Waals surface area (Å²) in [5.74, 6) is -0.233. The minimum absolute atomic E-state index is 0.378. The predicted octanol–water partition coefficient (Wildman–Crippen LogP) is 2.74. The maximum absolute atomic E-state index is 10.7. The molecule has 1 aromatic rings. The van der Waals surface area contributed by atoms with Crippen LogP contribution in [-0.2, 0) is 6.42 Å². The van der Waals surface area contributed by atoms with Crippen molar-refractivity contribution in [3.63, 3.8) is 0 Å². The quantitative estimate of drug-likeness (QED) is 0.836. The second-order valence-corrected chi connectivity index (χ2v) is 4.84. The van der Waals surface area contributed by atoms with Gasteiger partial charge in [0.1, 0.15) is 4.88 Å². The Morgan fingerprint density at radius 3 is 2.64 bits per heavy atom. The van der Waals surface area contributed by atoms with Gasteiger partial charge in [-0.05, 0) is 25.7 Å². The molecule has 0 fully saturated rings. The van der Waals surface area contributed by atoms with Crippen LogP contribution < -0.4 is 0 Å². The zero-order valence-corrected chi connectivity index (χ0v) is 9.52. The van der Waals surface area contributed by atoms with Crippen molar-refractivity contribution in [2.45, 2.75) is 33.6 Å². The van der Waals surface area contributed by atoms with Crippen molar-refractivity contribution < 1.29 is 9.90 Å². The maximum atomic E-state index is 10.7. The van der Waals surface area contributed by atoms with Crippen LogP contribution >= 0.6 is 11.3 Å². The van der Waals surface area contributed by atoms with Crippen molar-refractivity contribution in [3.05, 3.63) is 15.6 Å². The van der Waals surface area contributed by atoms with E-state index in [9.17, 15) is 4.79 Å². The first-order chi connectivity index (χ1) is 6.50. The highest BCUT2D eigenvalue weighted by atomic mass is 32.1. The molecule has 0 saturated carbocycles. The highest BCUT2D eigenvalue weighted by Crippen LogP contribution is 2.20. The van der Waals surface area contributed by atoms with Crippen molar-refractivity contribution in [3.8, 4) is 0 Å². The van der Waals surface area contributed by atoms with Gasteiger partial charge in [-0.15, -0.1) is 11.3 Å². The topological polar surface area (TPSA) is 50.2 Å². The van der Waals surface area contributed by atoms with Gasteiger partial charge in [0.2, 0.25) is 0 Å². The van der Waals surface area contributed by atoms with E-state index in [1.54, 1.807) is 6.92 Å². The molecule has 0 aliphatic rings. The van der Waals surface area contributed by atoms with E-state index in [0.29, 0.717) is 16.5 Å². The Morgan fingerprint density at radius 1 is 1.57 bits per heavy atom. The first-order valence-corrected chi connectivity index (χ1v) is 5.52. The molecule has 1 N–H and O–H groups in total. The fourth-order valence-corrected chi connectivity index (χ4v) is 2.09. The van der Waals surface area contributed by atoms with Crippen LogP contribution in [0.5, 0.6) is 0 Å². The zero-order valence-electron chi connectivity index (χ0n) is 8.70. The summed E-state index contributed by atoms with van der Waals surface area (Å²) in [5.41, 5.74) is 0.640. The SMILES string of the molecule is Cc1nc(CCC(C)C)sc1C(=O)O. The minimum Gasteiger partial charge on any atom is -0.477 e. The number of aryl methyl sites for hydroxylation is 2. The molecule has 0 aromatic carbocycles. The summed E-state index contributed by atoms with van der Waals surface area (Å²) >= 11 is 1.30. The van der Waals surface area contributed by atoms with Gasteiger partial charge in [-0.25, -0.2) is 9.78 Å². The average Bonchev–Trinajstić information content (AvgIpc) is 2.43. The van der Waals surface area contributed by atoms with Crippen LogP contribution in [0.25, 0.3) is 0 Å². The van der Waals surface area contributed by atoms with Crippen molar-refractivity contribution in [1.82, 2.24) is 4.98 Å². The molecule has 14 heavy (non-hydrogen) atoms. The van der Waals surface area contributed by atoms with Gasteiger partial charge >= 0.3 is 5.97 Å². The maximum Gasteiger partial charge on any atom is 0.347 e. The molecule has 78 valence electrons. The molecular weight excluding hydrogens is 198 g/mol. The monoisotopic (exact) mass is 213 g/mol. The lowest BCUT2D eigenvalue weighted by atomic mass is 10.1. The van der Waals surface area contributed by atoms with Gasteiger partial charge in [-0.3, -0.25) is 0 Å². The van der Waals surface area contributed by atoms with E-state index in [2.05, 4.69) is 18.8 Å². The summed E-state index contributed by atoms with van der Waals surface area (Å²) in [4.78, 5) is 15.4. The molecule has 1 rings (SSSR count). The Labute approximate surface area is 87.8 Å². The summed E-state index contributed by atoms with van der Waals surface area (Å²) in [6.07, 6.45) is 1.95. The molecule has 4 heteroatoms. The fourth-order valence-electron chi connectivity index (χ4n) is 1.17. The molecule has 0 saturated heterocycles. The third-order valence-electron chi connectivity index (χ3n) is 1.97. The molecule has 0 aliphatic carbocycles. The third kappa shape index (κ3) is 2.80. The van der Waals surface area contributed by atoms with E-state index in [4.69, 9.17) is 5.11 Å². The van der Waals surface area contributed by atoms with E-state index in [1.807, 2.05) is 0 Å². The first-order valence-electron chi connectivity index (χ1n) is 4.70. The highest BCUT2D eigenvalue weighted by molar-refractivity contribution is 7.13. The number of carbonyl (C=O) groups is 1. The van der Waals surface area contributed by atoms with E-state index in [0.717, 1.165) is 17.8 Å². The molecule has 3 nitrogen and oxygen atoms in total. The van der Waals surface area contributed by atoms with Crippen molar-refractivity contribution in [2.75, 3.05) is 0 Å². The second-order valence-electron chi connectivity index (χ2n) is 3.76. The molecule has 0 bridgehead atoms. The Kier molecular flexibility index (Phi) is 3.63. The zero-order chi connectivity index (χ0) is 10.7. The van der Waals surface area contributed by atoms with Gasteiger partial charge in [0.05, 0.1) is 10.7 Å². The van der Waals surface area contributed by atoms with Crippen molar-refractivity contribution in [2.24, 2.45) is 5.92 Å². The van der Waals surface area contributed by atoms with Crippen molar-refractivity contribution >= 4 is 17.3 Å². The van der Waals surface area contributed by atoms with E-state index in [1.165, 1.54) is 11.3 Å². The van der Waals surface area contributed by atoms with Crippen LogP contribution in [0.15, 0.2) is 0 Å². The minimum atomic E-state index is -0.865. The number of rotatable bonds is 4. The molecule has 0 unspecified atom stereocenters. The predicted molar refractivity (Wildman–Crippen MR) is 57.0 cm³/mol. The van der Waals surface area contributed by atoms with E-state index in [-0.39, 0.29) is 0 Å². The van der Waals surface area contributed by atoms with Crippen LogP contribution in [0.4, 0.5) is 0 Å². The fraction of sp³-hybridized carbons (Fsp3) is 0.600. The van der Waals surface area contributed by atoms with Gasteiger partial charge in [-0.2, -0.15) is 0 Å². The Bertz CT molecular complexity index is 331. The smallest absolute Gasteiger partial charge is 0.347 e. The third-order valence-corrected chi connectivity index (χ3v) is 3.18. The van der Waals surface area contributed by atoms with Crippen LogP contribution in [0.1, 0.15) is 40.6 Å². The number of aromatic nitrogens is 1. The number of hydrogen-bond donors (Lipinski definition) is 1. The summed E-state index contributed by atoms with van der Waals surface area (Å²) in [6.45, 7) is 6.05. The molecule has 1 heterocycles. The number of carboxylic acid groups (broad SMARTS) is 1. The van der Waals surface area contributed by atoms with Crippen LogP contribution in [-0.4, -0.2) is 16.1 Å². The second kappa shape index (κ2) is 4.55. The molecule has 0 radical (unpaired) electrons. The van der Waals surface area contributed by atoms with Gasteiger partial charge in [0, 0.05) is 0 Å². The number of hydrogen-bond acceptors (Lipinski definition) is 3. The standard InChI is InChI=1S/C10H15NO2S/c1-6(2)4-5-8-11-7(3)9(14-8)10(12)13/h6H,4-5H2,1-3H3,(H,12,13). The molecule has 1 aromatic heterocycles. The van der Waals surface area contributed by atoms with Crippen LogP contribution in [0.2, 0.25) is 0 Å². The number of thiazole rings is 1. The number of carboxylic acids is 1. The van der Waals surface area contributed by atoms with Crippen LogP contribution in [0, 0.1) is 12.8 Å². The Hall–Kier alpha value is -0.900. The highest BCUT2D eigenvalue weighted by Gasteiger charge is 2.13. The average molecular weight is 213 g/mol. The van der Waals surface area contributed by atoms with Gasteiger partial charge in [0.15, 0.2) is 0 Å². The lowest BCUT2D eigenvalue weighted by molar-refractivity contribution is 0.0701. The van der Waals surface area contributed by atoms with Gasteiger partial charge in [-0.1, -0.05) is 13.8 Å². The molecule has 0 atom stereocenters. The number of nitrogens with zero attached hydrogens (tertiary/aromatic N) is 1. The molecular formula is C10H15NO2S. The first kappa shape index (κ1) is 11.2. The van der Waals surface area contributed by atoms with Gasteiger partial charge < -0.3 is 5.11 Å². The summed E-state index contributed by atoms with van der Waals surface area (Å²) in [5, 5.41) is 9.77. The summed E-state index contributed by atoms with van der Waals surface area (Å²) in [6, 6.07) is 0. The molecule has 0 aliphatic heterocycles. The number of aromatic carboxylic acids is 1. The summed E-state index contributed by atoms with van der Waals surface area (Å²) < 4.78 is 0. The van der Waals surface area contributed by atoms with E-state index >= 15 is 0 Å². The van der Waals surface area contributed by atoms with Gasteiger partial charge in [0.25, 0.3) is 0 Å². The Morgan fingerprint density at radius 2 is 2.21 bits per heavy atom. The lowest BCUT2D eigenvalue weighted by Gasteiger charge is -1.99. The largest absolute Gasteiger partial charge is 0.477 e. The van der Waals surface area contributed by atoms with Crippen molar-refractivity contribution in [1.29, 1.82) is 0 Å². The Balaban J connectivity index is 2.71. The molecule has 0 amide bonds. The summed E-state index contributed by atoms with van der Waals surface area (Å²) in [7, 11) is 0. The molecule has 0 spiro atoms.